The normalized spacial score (nSPS) is 8.87. The average Bonchev–Trinajstić information content (AvgIpc) is 2.20. The summed E-state index contributed by atoms with van der Waals surface area (Å²) in [4.78, 5) is 10.5. The molecule has 15 heavy (non-hydrogen) atoms. The zero-order valence-electron chi connectivity index (χ0n) is 8.16. The second kappa shape index (κ2) is 5.68. The van der Waals surface area contributed by atoms with Gasteiger partial charge in [0, 0.05) is 17.7 Å². The molecule has 0 aromatic heterocycles. The average molecular weight is 204 g/mol. The predicted molar refractivity (Wildman–Crippen MR) is 58.2 cm³/mol. The lowest BCUT2D eigenvalue weighted by molar-refractivity contribution is 0.259. The lowest BCUT2D eigenvalue weighted by Crippen LogP contribution is -2.19. The molecular formula is C11H12N2O2. The van der Waals surface area contributed by atoms with Crippen LogP contribution in [0.4, 0.5) is 10.5 Å². The van der Waals surface area contributed by atoms with E-state index in [4.69, 9.17) is 10.8 Å². The highest BCUT2D eigenvalue weighted by Crippen LogP contribution is 2.07. The molecule has 1 aromatic rings. The second-order valence-electron chi connectivity index (χ2n) is 2.84. The largest absolute Gasteiger partial charge is 0.395 e. The zero-order chi connectivity index (χ0) is 11.1. The number of nitrogens with one attached hydrogen (secondary N) is 1. The fourth-order valence-electron chi connectivity index (χ4n) is 1.000. The van der Waals surface area contributed by atoms with E-state index >= 15 is 0 Å². The smallest absolute Gasteiger partial charge is 0.316 e. The van der Waals surface area contributed by atoms with Gasteiger partial charge in [-0.3, -0.25) is 0 Å². The Morgan fingerprint density at radius 2 is 2.07 bits per heavy atom. The van der Waals surface area contributed by atoms with E-state index in [0.29, 0.717) is 12.1 Å². The minimum absolute atomic E-state index is 0.0638. The molecule has 0 heterocycles. The number of carbonyl (C=O) groups excluding carboxylic acids is 1. The van der Waals surface area contributed by atoms with Crippen LogP contribution in [0.25, 0.3) is 0 Å². The van der Waals surface area contributed by atoms with Gasteiger partial charge in [-0.1, -0.05) is 11.8 Å². The summed E-state index contributed by atoms with van der Waals surface area (Å²) in [5.74, 6) is 5.67. The van der Waals surface area contributed by atoms with E-state index in [2.05, 4.69) is 17.2 Å². The molecule has 4 heteroatoms. The van der Waals surface area contributed by atoms with Crippen LogP contribution in [0.3, 0.4) is 0 Å². The number of urea groups is 1. The molecule has 0 aliphatic carbocycles. The van der Waals surface area contributed by atoms with Crippen LogP contribution in [-0.4, -0.2) is 17.7 Å². The number of primary amides is 1. The maximum absolute atomic E-state index is 10.5. The highest BCUT2D eigenvalue weighted by atomic mass is 16.2. The van der Waals surface area contributed by atoms with E-state index in [9.17, 15) is 4.79 Å². The summed E-state index contributed by atoms with van der Waals surface area (Å²) < 4.78 is 0. The number of hydrogen-bond donors (Lipinski definition) is 3. The number of rotatable bonds is 2. The number of hydrogen-bond acceptors (Lipinski definition) is 2. The molecule has 0 saturated heterocycles. The Balaban J connectivity index is 2.65. The molecule has 78 valence electrons. The van der Waals surface area contributed by atoms with Crippen molar-refractivity contribution in [2.24, 2.45) is 5.73 Å². The number of amides is 2. The van der Waals surface area contributed by atoms with Crippen LogP contribution >= 0.6 is 0 Å². The van der Waals surface area contributed by atoms with Crippen molar-refractivity contribution in [2.45, 2.75) is 6.42 Å². The summed E-state index contributed by atoms with van der Waals surface area (Å²) >= 11 is 0. The minimum Gasteiger partial charge on any atom is -0.395 e. The lowest BCUT2D eigenvalue weighted by Gasteiger charge is -2.00. The maximum Gasteiger partial charge on any atom is 0.316 e. The van der Waals surface area contributed by atoms with Crippen molar-refractivity contribution in [3.8, 4) is 11.8 Å². The molecule has 0 saturated carbocycles. The summed E-state index contributed by atoms with van der Waals surface area (Å²) in [5.41, 5.74) is 6.42. The number of nitrogens with two attached hydrogens (primary N) is 1. The molecule has 1 rings (SSSR count). The van der Waals surface area contributed by atoms with Crippen LogP contribution < -0.4 is 11.1 Å². The third-order valence-electron chi connectivity index (χ3n) is 1.62. The van der Waals surface area contributed by atoms with Crippen molar-refractivity contribution in [1.29, 1.82) is 0 Å². The third-order valence-corrected chi connectivity index (χ3v) is 1.62. The van der Waals surface area contributed by atoms with Crippen molar-refractivity contribution in [3.05, 3.63) is 29.8 Å². The third kappa shape index (κ3) is 4.16. The van der Waals surface area contributed by atoms with E-state index in [0.717, 1.165) is 5.56 Å². The van der Waals surface area contributed by atoms with Crippen molar-refractivity contribution < 1.29 is 9.90 Å². The van der Waals surface area contributed by atoms with Gasteiger partial charge in [0.1, 0.15) is 0 Å². The van der Waals surface area contributed by atoms with Gasteiger partial charge in [-0.15, -0.1) is 0 Å². The van der Waals surface area contributed by atoms with Crippen molar-refractivity contribution >= 4 is 11.7 Å². The molecule has 0 radical (unpaired) electrons. The predicted octanol–water partition coefficient (Wildman–Crippen LogP) is 0.911. The maximum atomic E-state index is 10.5. The standard InChI is InChI=1S/C11H12N2O2/c12-11(15)13-10-6-4-9(5-7-10)3-1-2-8-14/h4-7,14H,2,8H2,(H3,12,13,15). The molecule has 0 aliphatic rings. The number of anilines is 1. The van der Waals surface area contributed by atoms with Crippen molar-refractivity contribution in [3.63, 3.8) is 0 Å². The topological polar surface area (TPSA) is 75.4 Å². The quantitative estimate of drug-likeness (QED) is 0.626. The first-order valence-corrected chi connectivity index (χ1v) is 4.48. The van der Waals surface area contributed by atoms with Gasteiger partial charge < -0.3 is 16.2 Å². The summed E-state index contributed by atoms with van der Waals surface area (Å²) in [6, 6.07) is 6.39. The van der Waals surface area contributed by atoms with Gasteiger partial charge in [0.2, 0.25) is 0 Å². The molecule has 4 nitrogen and oxygen atoms in total. The second-order valence-corrected chi connectivity index (χ2v) is 2.84. The van der Waals surface area contributed by atoms with Crippen LogP contribution in [0.1, 0.15) is 12.0 Å². The summed E-state index contributed by atoms with van der Waals surface area (Å²) in [7, 11) is 0. The zero-order valence-corrected chi connectivity index (χ0v) is 8.16. The van der Waals surface area contributed by atoms with Crippen LogP contribution in [0.2, 0.25) is 0 Å². The Morgan fingerprint density at radius 1 is 1.40 bits per heavy atom. The highest BCUT2D eigenvalue weighted by molar-refractivity contribution is 5.87. The number of carbonyl (C=O) groups is 1. The molecule has 2 amide bonds. The van der Waals surface area contributed by atoms with Crippen molar-refractivity contribution in [2.75, 3.05) is 11.9 Å². The Labute approximate surface area is 88.1 Å². The van der Waals surface area contributed by atoms with Gasteiger partial charge in [0.25, 0.3) is 0 Å². The van der Waals surface area contributed by atoms with Crippen LogP contribution in [-0.2, 0) is 0 Å². The first kappa shape index (κ1) is 11.1. The highest BCUT2D eigenvalue weighted by Gasteiger charge is 1.94. The molecule has 1 aromatic carbocycles. The number of aliphatic hydroxyl groups is 1. The molecule has 0 unspecified atom stereocenters. The van der Waals surface area contributed by atoms with Gasteiger partial charge in [-0.25, -0.2) is 4.79 Å². The molecule has 4 N–H and O–H groups in total. The van der Waals surface area contributed by atoms with E-state index < -0.39 is 6.03 Å². The molecule has 0 atom stereocenters. The molecule has 0 aliphatic heterocycles. The van der Waals surface area contributed by atoms with Crippen LogP contribution in [0.15, 0.2) is 24.3 Å². The van der Waals surface area contributed by atoms with E-state index in [1.807, 2.05) is 0 Å². The van der Waals surface area contributed by atoms with E-state index in [1.165, 1.54) is 0 Å². The fourth-order valence-corrected chi connectivity index (χ4v) is 1.000. The summed E-state index contributed by atoms with van der Waals surface area (Å²) in [6.07, 6.45) is 0.460. The summed E-state index contributed by atoms with van der Waals surface area (Å²) in [6.45, 7) is 0.0638. The monoisotopic (exact) mass is 204 g/mol. The first-order chi connectivity index (χ1) is 7.22. The molecule has 0 fully saturated rings. The lowest BCUT2D eigenvalue weighted by atomic mass is 10.2. The van der Waals surface area contributed by atoms with E-state index in [1.54, 1.807) is 24.3 Å². The van der Waals surface area contributed by atoms with Crippen molar-refractivity contribution in [1.82, 2.24) is 0 Å². The fraction of sp³-hybridized carbons (Fsp3) is 0.182. The summed E-state index contributed by atoms with van der Waals surface area (Å²) in [5, 5.41) is 11.0. The van der Waals surface area contributed by atoms with Gasteiger partial charge >= 0.3 is 6.03 Å². The Kier molecular flexibility index (Phi) is 4.20. The van der Waals surface area contributed by atoms with Crippen LogP contribution in [0, 0.1) is 11.8 Å². The Morgan fingerprint density at radius 3 is 2.60 bits per heavy atom. The van der Waals surface area contributed by atoms with Gasteiger partial charge in [-0.05, 0) is 24.3 Å². The number of aliphatic hydroxyl groups excluding tert-OH is 1. The van der Waals surface area contributed by atoms with Crippen LogP contribution in [0.5, 0.6) is 0 Å². The Hall–Kier alpha value is -1.99. The van der Waals surface area contributed by atoms with Gasteiger partial charge in [0.15, 0.2) is 0 Å². The molecule has 0 spiro atoms. The SMILES string of the molecule is NC(=O)Nc1ccc(C#CCCO)cc1. The number of benzene rings is 1. The first-order valence-electron chi connectivity index (χ1n) is 4.48. The molecule has 0 bridgehead atoms. The van der Waals surface area contributed by atoms with E-state index in [-0.39, 0.29) is 6.61 Å². The van der Waals surface area contributed by atoms with Gasteiger partial charge in [0.05, 0.1) is 6.61 Å². The Bertz CT molecular complexity index is 387. The van der Waals surface area contributed by atoms with Gasteiger partial charge in [-0.2, -0.15) is 0 Å². The minimum atomic E-state index is -0.589. The molecular weight excluding hydrogens is 192 g/mol.